The molecule has 4 rings (SSSR count). The van der Waals surface area contributed by atoms with Crippen molar-refractivity contribution in [2.24, 2.45) is 0 Å². The SMILES string of the molecule is O=C(NCCN(C(=O)c1ccccc1Cl)c1ccc(F)cc1)C(c1ccccc1)c1ccccc1. The molecule has 176 valence electrons. The number of anilines is 1. The summed E-state index contributed by atoms with van der Waals surface area (Å²) in [6, 6.07) is 31.5. The van der Waals surface area contributed by atoms with Crippen molar-refractivity contribution in [3.8, 4) is 0 Å². The minimum atomic E-state index is -0.490. The van der Waals surface area contributed by atoms with Crippen molar-refractivity contribution >= 4 is 29.1 Å². The minimum Gasteiger partial charge on any atom is -0.353 e. The molecule has 0 spiro atoms. The molecule has 0 saturated carbocycles. The lowest BCUT2D eigenvalue weighted by molar-refractivity contribution is -0.121. The Labute approximate surface area is 209 Å². The molecule has 35 heavy (non-hydrogen) atoms. The average Bonchev–Trinajstić information content (AvgIpc) is 2.89. The summed E-state index contributed by atoms with van der Waals surface area (Å²) in [4.78, 5) is 28.1. The highest BCUT2D eigenvalue weighted by molar-refractivity contribution is 6.34. The van der Waals surface area contributed by atoms with Crippen LogP contribution in [0.15, 0.2) is 109 Å². The average molecular weight is 487 g/mol. The first-order valence-corrected chi connectivity index (χ1v) is 11.6. The maximum atomic E-state index is 13.5. The van der Waals surface area contributed by atoms with Crippen molar-refractivity contribution < 1.29 is 14.0 Å². The molecule has 1 N–H and O–H groups in total. The van der Waals surface area contributed by atoms with Crippen LogP contribution in [0.25, 0.3) is 0 Å². The van der Waals surface area contributed by atoms with E-state index in [1.165, 1.54) is 29.2 Å². The van der Waals surface area contributed by atoms with E-state index in [0.29, 0.717) is 16.3 Å². The van der Waals surface area contributed by atoms with Crippen LogP contribution in [0.2, 0.25) is 5.02 Å². The van der Waals surface area contributed by atoms with Gasteiger partial charge in [0.15, 0.2) is 0 Å². The van der Waals surface area contributed by atoms with Gasteiger partial charge in [0.05, 0.1) is 16.5 Å². The second-order valence-corrected chi connectivity index (χ2v) is 8.37. The smallest absolute Gasteiger partial charge is 0.259 e. The lowest BCUT2D eigenvalue weighted by atomic mass is 9.90. The largest absolute Gasteiger partial charge is 0.353 e. The van der Waals surface area contributed by atoms with Crippen LogP contribution in [0.5, 0.6) is 0 Å². The van der Waals surface area contributed by atoms with E-state index in [1.54, 1.807) is 24.3 Å². The minimum absolute atomic E-state index is 0.174. The van der Waals surface area contributed by atoms with Gasteiger partial charge in [0.25, 0.3) is 5.91 Å². The van der Waals surface area contributed by atoms with Crippen LogP contribution in [0.4, 0.5) is 10.1 Å². The van der Waals surface area contributed by atoms with E-state index >= 15 is 0 Å². The second-order valence-electron chi connectivity index (χ2n) is 7.96. The molecule has 0 heterocycles. The molecule has 0 atom stereocenters. The first-order chi connectivity index (χ1) is 17.0. The van der Waals surface area contributed by atoms with E-state index in [4.69, 9.17) is 11.6 Å². The highest BCUT2D eigenvalue weighted by Gasteiger charge is 2.24. The summed E-state index contributed by atoms with van der Waals surface area (Å²) in [5.74, 6) is -1.40. The van der Waals surface area contributed by atoms with Gasteiger partial charge in [-0.2, -0.15) is 0 Å². The molecule has 2 amide bonds. The van der Waals surface area contributed by atoms with E-state index in [-0.39, 0.29) is 24.9 Å². The Balaban J connectivity index is 1.54. The van der Waals surface area contributed by atoms with Crippen molar-refractivity contribution in [1.29, 1.82) is 0 Å². The number of nitrogens with zero attached hydrogens (tertiary/aromatic N) is 1. The van der Waals surface area contributed by atoms with Crippen LogP contribution in [0.3, 0.4) is 0 Å². The van der Waals surface area contributed by atoms with Crippen LogP contribution in [0.1, 0.15) is 27.4 Å². The Bertz CT molecular complexity index is 1240. The van der Waals surface area contributed by atoms with E-state index in [9.17, 15) is 14.0 Å². The first kappa shape index (κ1) is 24.2. The summed E-state index contributed by atoms with van der Waals surface area (Å²) in [7, 11) is 0. The summed E-state index contributed by atoms with van der Waals surface area (Å²) >= 11 is 6.26. The fourth-order valence-corrected chi connectivity index (χ4v) is 4.14. The fraction of sp³-hybridized carbons (Fsp3) is 0.103. The van der Waals surface area contributed by atoms with Gasteiger partial charge in [-0.25, -0.2) is 4.39 Å². The summed E-state index contributed by atoms with van der Waals surface area (Å²) in [5, 5.41) is 3.29. The molecule has 4 nitrogen and oxygen atoms in total. The molecular formula is C29H24ClFN2O2. The Morgan fingerprint density at radius 3 is 1.89 bits per heavy atom. The third kappa shape index (κ3) is 5.94. The van der Waals surface area contributed by atoms with Gasteiger partial charge < -0.3 is 10.2 Å². The standard InChI is InChI=1S/C29H24ClFN2O2/c30-26-14-8-7-13-25(26)29(35)33(24-17-15-23(31)16-18-24)20-19-32-28(34)27(21-9-3-1-4-10-21)22-11-5-2-6-12-22/h1-18,27H,19-20H2,(H,32,34). The maximum absolute atomic E-state index is 13.5. The second kappa shape index (κ2) is 11.4. The van der Waals surface area contributed by atoms with Crippen molar-refractivity contribution in [3.05, 3.63) is 137 Å². The van der Waals surface area contributed by atoms with Gasteiger partial charge in [-0.1, -0.05) is 84.4 Å². The molecule has 4 aromatic rings. The summed E-state index contributed by atoms with van der Waals surface area (Å²) in [6.07, 6.45) is 0. The Morgan fingerprint density at radius 2 is 1.31 bits per heavy atom. The predicted molar refractivity (Wildman–Crippen MR) is 137 cm³/mol. The number of nitrogens with one attached hydrogen (secondary N) is 1. The van der Waals surface area contributed by atoms with Gasteiger partial charge in [0.1, 0.15) is 5.82 Å². The lowest BCUT2D eigenvalue weighted by Crippen LogP contribution is -2.40. The number of carbonyl (C=O) groups excluding carboxylic acids is 2. The van der Waals surface area contributed by atoms with Gasteiger partial charge >= 0.3 is 0 Å². The van der Waals surface area contributed by atoms with Crippen molar-refractivity contribution in [2.45, 2.75) is 5.92 Å². The molecule has 0 saturated heterocycles. The summed E-state index contributed by atoms with van der Waals surface area (Å²) in [6.45, 7) is 0.375. The quantitative estimate of drug-likeness (QED) is 0.328. The van der Waals surface area contributed by atoms with Crippen LogP contribution < -0.4 is 10.2 Å². The molecule has 0 radical (unpaired) electrons. The zero-order valence-corrected chi connectivity index (χ0v) is 19.7. The zero-order valence-electron chi connectivity index (χ0n) is 18.9. The molecule has 0 aliphatic rings. The monoisotopic (exact) mass is 486 g/mol. The third-order valence-corrected chi connectivity index (χ3v) is 5.98. The predicted octanol–water partition coefficient (Wildman–Crippen LogP) is 6.07. The van der Waals surface area contributed by atoms with Gasteiger partial charge in [-0.05, 0) is 47.5 Å². The molecular weight excluding hydrogens is 463 g/mol. The van der Waals surface area contributed by atoms with Crippen molar-refractivity contribution in [2.75, 3.05) is 18.0 Å². The Morgan fingerprint density at radius 1 is 0.771 bits per heavy atom. The van der Waals surface area contributed by atoms with E-state index in [2.05, 4.69) is 5.32 Å². The molecule has 0 fully saturated rings. The summed E-state index contributed by atoms with van der Waals surface area (Å²) < 4.78 is 13.5. The van der Waals surface area contributed by atoms with E-state index in [0.717, 1.165) is 11.1 Å². The Kier molecular flexibility index (Phi) is 7.91. The third-order valence-electron chi connectivity index (χ3n) is 5.65. The number of amides is 2. The molecule has 0 unspecified atom stereocenters. The number of halogens is 2. The van der Waals surface area contributed by atoms with E-state index < -0.39 is 11.7 Å². The van der Waals surface area contributed by atoms with Gasteiger partial charge in [0, 0.05) is 18.8 Å². The fourth-order valence-electron chi connectivity index (χ4n) is 3.93. The van der Waals surface area contributed by atoms with Crippen LogP contribution in [-0.4, -0.2) is 24.9 Å². The molecule has 6 heteroatoms. The van der Waals surface area contributed by atoms with Gasteiger partial charge in [0.2, 0.25) is 5.91 Å². The number of rotatable bonds is 8. The number of benzene rings is 4. The summed E-state index contributed by atoms with van der Waals surface area (Å²) in [5.41, 5.74) is 2.59. The van der Waals surface area contributed by atoms with Crippen molar-refractivity contribution in [1.82, 2.24) is 5.32 Å². The number of hydrogen-bond acceptors (Lipinski definition) is 2. The zero-order chi connectivity index (χ0) is 24.6. The number of carbonyl (C=O) groups is 2. The van der Waals surface area contributed by atoms with Gasteiger partial charge in [-0.3, -0.25) is 9.59 Å². The molecule has 0 aliphatic carbocycles. The molecule has 4 aromatic carbocycles. The molecule has 0 aliphatic heterocycles. The molecule has 0 bridgehead atoms. The number of hydrogen-bond donors (Lipinski definition) is 1. The Hall–Kier alpha value is -3.96. The van der Waals surface area contributed by atoms with Crippen molar-refractivity contribution in [3.63, 3.8) is 0 Å². The van der Waals surface area contributed by atoms with Gasteiger partial charge in [-0.15, -0.1) is 0 Å². The maximum Gasteiger partial charge on any atom is 0.259 e. The highest BCUT2D eigenvalue weighted by Crippen LogP contribution is 2.25. The van der Waals surface area contributed by atoms with Crippen LogP contribution in [0, 0.1) is 5.82 Å². The molecule has 0 aromatic heterocycles. The van der Waals surface area contributed by atoms with Crippen LogP contribution >= 0.6 is 11.6 Å². The topological polar surface area (TPSA) is 49.4 Å². The van der Waals surface area contributed by atoms with E-state index in [1.807, 2.05) is 60.7 Å². The first-order valence-electron chi connectivity index (χ1n) is 11.2. The normalized spacial score (nSPS) is 10.7. The lowest BCUT2D eigenvalue weighted by Gasteiger charge is -2.24. The highest BCUT2D eigenvalue weighted by atomic mass is 35.5. The van der Waals surface area contributed by atoms with Crippen LogP contribution in [-0.2, 0) is 4.79 Å².